The average Bonchev–Trinajstić information content (AvgIpc) is 1.65. The molecule has 0 aliphatic carbocycles. The van der Waals surface area contributed by atoms with Crippen molar-refractivity contribution in [3.8, 4) is 57.1 Å². The van der Waals surface area contributed by atoms with Crippen LogP contribution in [0.5, 0.6) is 46.0 Å². The predicted molar refractivity (Wildman–Crippen MR) is 484 cm³/mol. The van der Waals surface area contributed by atoms with Crippen LogP contribution in [0.3, 0.4) is 0 Å². The first-order valence-corrected chi connectivity index (χ1v) is 39.7. The molecule has 3 amide bonds. The zero-order chi connectivity index (χ0) is 81.0. The number of hydrogen-bond donors (Lipinski definition) is 6. The van der Waals surface area contributed by atoms with Crippen LogP contribution in [-0.4, -0.2) is 161 Å². The van der Waals surface area contributed by atoms with E-state index in [1.807, 2.05) is 122 Å². The van der Waals surface area contributed by atoms with Crippen molar-refractivity contribution >= 4 is 145 Å². The van der Waals surface area contributed by atoms with Gasteiger partial charge in [-0.1, -0.05) is 152 Å². The number of carbonyl (C=O) groups is 4. The Kier molecular flexibility index (Phi) is 42.9. The van der Waals surface area contributed by atoms with Gasteiger partial charge in [0.15, 0.2) is 23.0 Å². The summed E-state index contributed by atoms with van der Waals surface area (Å²) in [5, 5.41) is 28.4. The number of ketones is 2. The number of carbonyl (C=O) groups excluding carboxylic acids is 4. The number of halogens is 6. The standard InChI is InChI=1S/C15H14N4O2.C12H12BrNO2.C11H9BrN2O3.C10H12BrNO2.2C9H7BrO2.C9H7BrO.C4H4BN2O2.CN.6CH4.K/c16-14-19-15(8-21-14)4-11-3-10(1-2-13(11)20-7-15)12-5-17-9-18-6-12;1-8-14-12(6-15-8)5-9-4-10(13)2-3-11(9)16-7-12;12-7-1-2-8-6(3-7)4-11(5-17-8)9(15)13-10(16)14-11;11-8-1-2-9-7(3-8)4-10(12,5-13)6-14-9;10-7-1-2-9-6(3-7)4-8(11)5-12-9;10-6-1-2-9-7(5-6)8(11)3-4-12-9;10-8-3-4-9-7(6-8)2-1-5-11-9;8-5-9-4-1-6-3-7-2-4;1-2;;;;;;;/h1-3,5-6,9H,4,7-8H2,(H2,16,19);2-4H,5-7H2,1H3;1-3H,4-5H2,(H2,13,14,15,16);1-3,13H,4-6,12H2;1-3H,4-5H2;1-2,5H,3-4H2;1-4,6H,5H2;1-3,8H;;6*1H4;/q;;;;;;;;-1;;;;;;;+1. The van der Waals surface area contributed by atoms with Crippen LogP contribution in [-0.2, 0) is 51.2 Å². The molecule has 9 aromatic rings. The Morgan fingerprint density at radius 2 is 1.00 bits per heavy atom. The molecule has 1 fully saturated rings. The number of imide groups is 1. The van der Waals surface area contributed by atoms with Gasteiger partial charge in [0, 0.05) is 94.9 Å². The fraction of sp³-hybridized carbons (Fsp3) is 0.314. The first-order valence-electron chi connectivity index (χ1n) is 35.0. The quantitative estimate of drug-likeness (QED) is 0.0541. The Hall–Kier alpha value is -8.19. The molecule has 27 nitrogen and oxygen atoms in total. The largest absolute Gasteiger partial charge is 1.00 e. The summed E-state index contributed by atoms with van der Waals surface area (Å²) in [5.41, 5.74) is 18.5. The number of amidine groups is 1. The maximum Gasteiger partial charge on any atom is 1.00 e. The van der Waals surface area contributed by atoms with E-state index in [1.165, 1.54) is 30.6 Å². The van der Waals surface area contributed by atoms with Crippen molar-refractivity contribution < 1.29 is 128 Å². The summed E-state index contributed by atoms with van der Waals surface area (Å²) in [7, 11) is 0.582. The van der Waals surface area contributed by atoms with Crippen molar-refractivity contribution in [1.29, 1.82) is 5.26 Å². The second-order valence-corrected chi connectivity index (χ2v) is 32.3. The number of aromatic nitrogens is 4. The van der Waals surface area contributed by atoms with Crippen molar-refractivity contribution in [3.05, 3.63) is 243 Å². The number of ether oxygens (including phenoxy) is 9. The third-order valence-corrected chi connectivity index (χ3v) is 21.1. The van der Waals surface area contributed by atoms with E-state index in [-0.39, 0.29) is 150 Å². The Morgan fingerprint density at radius 3 is 1.54 bits per heavy atom. The van der Waals surface area contributed by atoms with Crippen LogP contribution in [0.15, 0.2) is 208 Å². The summed E-state index contributed by atoms with van der Waals surface area (Å²) in [6.07, 6.45) is 17.2. The van der Waals surface area contributed by atoms with Crippen LogP contribution in [0.1, 0.15) is 102 Å². The van der Waals surface area contributed by atoms with E-state index in [9.17, 15) is 19.2 Å². The number of nitrogens with zero attached hydrogens (tertiary/aromatic N) is 7. The van der Waals surface area contributed by atoms with E-state index in [4.69, 9.17) is 76.1 Å². The van der Waals surface area contributed by atoms with Crippen LogP contribution in [0.2, 0.25) is 0 Å². The van der Waals surface area contributed by atoms with E-state index in [1.54, 1.807) is 18.5 Å². The number of fused-ring (bicyclic) bond motifs is 7. The van der Waals surface area contributed by atoms with Gasteiger partial charge in [0.25, 0.3) is 11.9 Å². The summed E-state index contributed by atoms with van der Waals surface area (Å²) in [5.74, 6) is 7.14. The first-order chi connectivity index (χ1) is 54.9. The Labute approximate surface area is 800 Å². The van der Waals surface area contributed by atoms with E-state index in [0.29, 0.717) is 96.7 Å². The number of nitrogens with one attached hydrogen (secondary N) is 2. The minimum Gasteiger partial charge on any atom is -0.535 e. The molecule has 1 radical (unpaired) electrons. The number of aliphatic hydroxyl groups excluding tert-OH is 1. The molecule has 10 aliphatic rings. The van der Waals surface area contributed by atoms with Crippen molar-refractivity contribution in [2.45, 2.75) is 112 Å². The molecule has 1 saturated heterocycles. The predicted octanol–water partition coefficient (Wildman–Crippen LogP) is 13.3. The summed E-state index contributed by atoms with van der Waals surface area (Å²) < 4.78 is 59.8. The molecule has 4 unspecified atom stereocenters. The van der Waals surface area contributed by atoms with Crippen LogP contribution >= 0.6 is 95.6 Å². The molecule has 3 spiro atoms. The van der Waals surface area contributed by atoms with Gasteiger partial charge in [-0.05, 0) is 162 Å². The monoisotopic (exact) mass is 2060 g/mol. The molecular formula is C86H96BBr6KN11O16. The van der Waals surface area contributed by atoms with Crippen molar-refractivity contribution in [3.63, 3.8) is 0 Å². The second-order valence-electron chi connectivity index (χ2n) is 26.8. The zero-order valence-corrected chi connectivity index (χ0v) is 74.4. The van der Waals surface area contributed by atoms with Crippen LogP contribution in [0, 0.1) is 11.8 Å². The van der Waals surface area contributed by atoms with Crippen LogP contribution in [0.25, 0.3) is 17.2 Å². The maximum atomic E-state index is 11.8. The molecule has 10 aliphatic heterocycles. The summed E-state index contributed by atoms with van der Waals surface area (Å²) in [4.78, 5) is 69.6. The number of nitrogens with two attached hydrogens (primary N) is 2. The number of urea groups is 1. The van der Waals surface area contributed by atoms with Gasteiger partial charge in [0.2, 0.25) is 0 Å². The third kappa shape index (κ3) is 28.9. The van der Waals surface area contributed by atoms with Gasteiger partial charge >= 0.3 is 65.1 Å². The number of Topliss-reactive ketones (excluding diaryl/α,β-unsaturated/α-hetero) is 2. The third-order valence-electron chi connectivity index (χ3n) is 18.1. The van der Waals surface area contributed by atoms with E-state index in [2.05, 4.69) is 159 Å². The van der Waals surface area contributed by atoms with Crippen molar-refractivity contribution in [1.82, 2.24) is 30.6 Å². The molecule has 121 heavy (non-hydrogen) atoms. The molecule has 0 saturated carbocycles. The second kappa shape index (κ2) is 49.3. The molecule has 4 atom stereocenters. The molecule has 2 aromatic heterocycles. The van der Waals surface area contributed by atoms with Gasteiger partial charge in [-0.3, -0.25) is 19.7 Å². The minimum absolute atomic E-state index is 0. The molecular weight excluding hydrogens is 1970 g/mol. The van der Waals surface area contributed by atoms with E-state index >= 15 is 0 Å². The van der Waals surface area contributed by atoms with Crippen molar-refractivity contribution in [2.75, 3.05) is 66.1 Å². The molecule has 8 N–H and O–H groups in total. The first kappa shape index (κ1) is 105. The maximum absolute atomic E-state index is 11.8. The number of benzene rings is 7. The smallest absolute Gasteiger partial charge is 0.535 e. The van der Waals surface area contributed by atoms with Gasteiger partial charge in [-0.2, -0.15) is 0 Å². The Balaban J connectivity index is 0.000000290. The topological polar surface area (TPSA) is 377 Å². The van der Waals surface area contributed by atoms with Gasteiger partial charge in [-0.15, -0.1) is 0 Å². The van der Waals surface area contributed by atoms with Crippen LogP contribution in [0.4, 0.5) is 4.79 Å². The number of aliphatic imine (C=N–C) groups is 2. The van der Waals surface area contributed by atoms with E-state index < -0.39 is 17.1 Å². The van der Waals surface area contributed by atoms with Gasteiger partial charge in [0.05, 0.1) is 36.7 Å². The van der Waals surface area contributed by atoms with Gasteiger partial charge < -0.3 is 86.0 Å². The van der Waals surface area contributed by atoms with E-state index in [0.717, 1.165) is 119 Å². The normalized spacial score (nSPS) is 19.1. The Bertz CT molecular complexity index is 5110. The van der Waals surface area contributed by atoms with Crippen LogP contribution < -0.4 is 111 Å². The SMILES string of the molecule is Brc1ccc2c(c1)C=CCO2.C.C.C.C.C.C.CC1=NC2(CO1)COc1ccc(Br)cc1C2.NC1(CO)COc2ccc(Br)cc2C1.NC1=NC2(CO1)COc1ccc(-c3cncnc3)cc1C2.O=C1CCOc2ccc(Br)cc21.O=C1COc2ccc(Br)cc2C1.O=C1NC(=O)C2(COc3ccc(Br)cc3C2)N1.O[B]Oc1cncnc1.[C-]#N.[K+]. The summed E-state index contributed by atoms with van der Waals surface area (Å²) in [6.45, 7) is 10.7. The number of rotatable bonds is 4. The number of hydrogen-bond acceptors (Lipinski definition) is 25. The zero-order valence-electron chi connectivity index (χ0n) is 61.8. The molecule has 19 rings (SSSR count). The summed E-state index contributed by atoms with van der Waals surface area (Å²) >= 11 is 20.3. The van der Waals surface area contributed by atoms with Gasteiger partial charge in [-0.25, -0.2) is 34.7 Å². The van der Waals surface area contributed by atoms with Crippen molar-refractivity contribution in [2.24, 2.45) is 21.5 Å². The number of aliphatic hydroxyl groups is 1. The molecule has 35 heteroatoms. The molecule has 637 valence electrons. The molecule has 0 bridgehead atoms. The molecule has 12 heterocycles. The fourth-order valence-corrected chi connectivity index (χ4v) is 15.1. The fourth-order valence-electron chi connectivity index (χ4n) is 12.7. The summed E-state index contributed by atoms with van der Waals surface area (Å²) in [6, 6.07) is 40.6. The van der Waals surface area contributed by atoms with Gasteiger partial charge in [0.1, 0.15) is 123 Å². The Morgan fingerprint density at radius 1 is 0.529 bits per heavy atom. The average molecular weight is 2070 g/mol. The number of amides is 3. The molecule has 7 aromatic carbocycles. The minimum atomic E-state index is -0.953.